The molecule has 0 spiro atoms. The summed E-state index contributed by atoms with van der Waals surface area (Å²) in [5.74, 6) is 0. The van der Waals surface area contributed by atoms with E-state index in [-0.39, 0.29) is 12.1 Å². The molecule has 1 aliphatic rings. The van der Waals surface area contributed by atoms with Crippen LogP contribution in [0.15, 0.2) is 0 Å². The van der Waals surface area contributed by atoms with Gasteiger partial charge in [-0.2, -0.15) is 0 Å². The Labute approximate surface area is 73.7 Å². The van der Waals surface area contributed by atoms with Gasteiger partial charge >= 0.3 is 6.09 Å². The molecule has 0 aromatic rings. The van der Waals surface area contributed by atoms with E-state index in [1.807, 2.05) is 13.8 Å². The molecule has 1 unspecified atom stereocenters. The van der Waals surface area contributed by atoms with Crippen LogP contribution in [0.5, 0.6) is 0 Å². The highest BCUT2D eigenvalue weighted by atomic mass is 16.6. The lowest BCUT2D eigenvalue weighted by molar-refractivity contribution is 0.0914. The predicted molar refractivity (Wildman–Crippen MR) is 46.7 cm³/mol. The average Bonchev–Trinajstić information content (AvgIpc) is 2.05. The van der Waals surface area contributed by atoms with Gasteiger partial charge in [-0.1, -0.05) is 0 Å². The van der Waals surface area contributed by atoms with Crippen molar-refractivity contribution in [2.75, 3.05) is 13.2 Å². The summed E-state index contributed by atoms with van der Waals surface area (Å²) in [7, 11) is 0. The molecule has 69 valence electrons. The van der Waals surface area contributed by atoms with Crippen molar-refractivity contribution in [2.45, 2.75) is 32.7 Å². The fraction of sp³-hybridized carbons (Fsp3) is 0.778. The lowest BCUT2D eigenvalue weighted by atomic mass is 10.0. The van der Waals surface area contributed by atoms with Crippen LogP contribution in [0.3, 0.4) is 0 Å². The van der Waals surface area contributed by atoms with E-state index in [1.54, 1.807) is 4.90 Å². The van der Waals surface area contributed by atoms with Crippen LogP contribution >= 0.6 is 0 Å². The zero-order valence-corrected chi connectivity index (χ0v) is 7.75. The molecule has 12 heavy (non-hydrogen) atoms. The first kappa shape index (κ1) is 9.36. The standard InChI is InChI=1S/C9H16NO2/c1-3-12-9(11)10-7-5-4-6-8(10)2/h6,8H,3-5,7H2,1-2H3. The summed E-state index contributed by atoms with van der Waals surface area (Å²) in [4.78, 5) is 13.1. The van der Waals surface area contributed by atoms with Crippen LogP contribution in [-0.2, 0) is 4.74 Å². The number of carbonyl (C=O) groups is 1. The van der Waals surface area contributed by atoms with Crippen molar-refractivity contribution in [1.82, 2.24) is 4.90 Å². The van der Waals surface area contributed by atoms with Crippen LogP contribution in [0.4, 0.5) is 4.79 Å². The van der Waals surface area contributed by atoms with Crippen LogP contribution < -0.4 is 0 Å². The largest absolute Gasteiger partial charge is 0.450 e. The first-order valence-electron chi connectivity index (χ1n) is 4.52. The molecule has 1 atom stereocenters. The van der Waals surface area contributed by atoms with Gasteiger partial charge in [-0.15, -0.1) is 0 Å². The van der Waals surface area contributed by atoms with Gasteiger partial charge in [0.15, 0.2) is 0 Å². The Morgan fingerprint density at radius 2 is 2.50 bits per heavy atom. The lowest BCUT2D eigenvalue weighted by Crippen LogP contribution is -2.42. The molecule has 1 rings (SSSR count). The van der Waals surface area contributed by atoms with Crippen molar-refractivity contribution in [3.05, 3.63) is 6.42 Å². The molecule has 1 heterocycles. The number of ether oxygens (including phenoxy) is 1. The number of carbonyl (C=O) groups excluding carboxylic acids is 1. The number of nitrogens with zero attached hydrogens (tertiary/aromatic N) is 1. The second-order valence-corrected chi connectivity index (χ2v) is 3.01. The fourth-order valence-electron chi connectivity index (χ4n) is 1.42. The van der Waals surface area contributed by atoms with E-state index in [1.165, 1.54) is 0 Å². The van der Waals surface area contributed by atoms with Gasteiger partial charge in [0.1, 0.15) is 0 Å². The first-order valence-corrected chi connectivity index (χ1v) is 4.52. The quantitative estimate of drug-likeness (QED) is 0.601. The van der Waals surface area contributed by atoms with Gasteiger partial charge in [-0.3, -0.25) is 0 Å². The average molecular weight is 170 g/mol. The topological polar surface area (TPSA) is 29.5 Å². The summed E-state index contributed by atoms with van der Waals surface area (Å²) in [6.07, 6.45) is 4.14. The van der Waals surface area contributed by atoms with Crippen molar-refractivity contribution in [3.63, 3.8) is 0 Å². The van der Waals surface area contributed by atoms with Crippen molar-refractivity contribution < 1.29 is 9.53 Å². The molecule has 0 aromatic heterocycles. The SMILES string of the molecule is CCOC(=O)N1CCC[CH]C1C. The number of piperidine rings is 1. The Bertz CT molecular complexity index is 159. The van der Waals surface area contributed by atoms with Crippen LogP contribution in [-0.4, -0.2) is 30.2 Å². The van der Waals surface area contributed by atoms with Gasteiger partial charge in [-0.25, -0.2) is 4.79 Å². The molecule has 1 aliphatic heterocycles. The molecule has 0 bridgehead atoms. The summed E-state index contributed by atoms with van der Waals surface area (Å²) in [5.41, 5.74) is 0. The molecule has 3 nitrogen and oxygen atoms in total. The number of hydrogen-bond donors (Lipinski definition) is 0. The highest BCUT2D eigenvalue weighted by molar-refractivity contribution is 5.68. The minimum absolute atomic E-state index is 0.180. The molecular formula is C9H16NO2. The van der Waals surface area contributed by atoms with E-state index in [0.29, 0.717) is 6.61 Å². The van der Waals surface area contributed by atoms with Crippen molar-refractivity contribution in [2.24, 2.45) is 0 Å². The van der Waals surface area contributed by atoms with Gasteiger partial charge in [-0.05, 0) is 33.1 Å². The molecule has 3 heteroatoms. The Hall–Kier alpha value is -0.730. The number of rotatable bonds is 1. The van der Waals surface area contributed by atoms with E-state index in [2.05, 4.69) is 6.42 Å². The molecule has 0 saturated carbocycles. The van der Waals surface area contributed by atoms with Crippen molar-refractivity contribution in [1.29, 1.82) is 0 Å². The second kappa shape index (κ2) is 4.33. The van der Waals surface area contributed by atoms with E-state index in [9.17, 15) is 4.79 Å². The summed E-state index contributed by atoms with van der Waals surface area (Å²) in [5, 5.41) is 0. The highest BCUT2D eigenvalue weighted by Gasteiger charge is 2.23. The van der Waals surface area contributed by atoms with E-state index in [4.69, 9.17) is 4.74 Å². The monoisotopic (exact) mass is 170 g/mol. The third-order valence-corrected chi connectivity index (χ3v) is 2.10. The van der Waals surface area contributed by atoms with Crippen LogP contribution in [0, 0.1) is 6.42 Å². The maximum absolute atomic E-state index is 11.3. The first-order chi connectivity index (χ1) is 5.75. The van der Waals surface area contributed by atoms with Crippen molar-refractivity contribution in [3.8, 4) is 0 Å². The molecule has 1 fully saturated rings. The Balaban J connectivity index is 2.42. The van der Waals surface area contributed by atoms with Gasteiger partial charge in [0.25, 0.3) is 0 Å². The van der Waals surface area contributed by atoms with Crippen LogP contribution in [0.25, 0.3) is 0 Å². The van der Waals surface area contributed by atoms with E-state index >= 15 is 0 Å². The Morgan fingerprint density at radius 1 is 1.75 bits per heavy atom. The fourth-order valence-corrected chi connectivity index (χ4v) is 1.42. The maximum Gasteiger partial charge on any atom is 0.409 e. The van der Waals surface area contributed by atoms with E-state index in [0.717, 1.165) is 19.4 Å². The van der Waals surface area contributed by atoms with Gasteiger partial charge < -0.3 is 9.64 Å². The maximum atomic E-state index is 11.3. The predicted octanol–water partition coefficient (Wildman–Crippen LogP) is 1.83. The summed E-state index contributed by atoms with van der Waals surface area (Å²) >= 11 is 0. The zero-order chi connectivity index (χ0) is 8.97. The molecular weight excluding hydrogens is 154 g/mol. The summed E-state index contributed by atoms with van der Waals surface area (Å²) in [6.45, 7) is 5.14. The molecule has 0 aromatic carbocycles. The molecule has 1 saturated heterocycles. The molecule has 0 aliphatic carbocycles. The van der Waals surface area contributed by atoms with Gasteiger partial charge in [0, 0.05) is 12.6 Å². The minimum Gasteiger partial charge on any atom is -0.450 e. The van der Waals surface area contributed by atoms with Gasteiger partial charge in [0.2, 0.25) is 0 Å². The Morgan fingerprint density at radius 3 is 3.08 bits per heavy atom. The molecule has 1 amide bonds. The third-order valence-electron chi connectivity index (χ3n) is 2.10. The summed E-state index contributed by atoms with van der Waals surface area (Å²) in [6, 6.07) is 0.234. The van der Waals surface area contributed by atoms with Crippen LogP contribution in [0.2, 0.25) is 0 Å². The minimum atomic E-state index is -0.180. The third kappa shape index (κ3) is 2.13. The number of hydrogen-bond acceptors (Lipinski definition) is 2. The van der Waals surface area contributed by atoms with E-state index < -0.39 is 0 Å². The summed E-state index contributed by atoms with van der Waals surface area (Å²) < 4.78 is 4.92. The smallest absolute Gasteiger partial charge is 0.409 e. The normalized spacial score (nSPS) is 23.8. The van der Waals surface area contributed by atoms with Gasteiger partial charge in [0.05, 0.1) is 6.61 Å². The molecule has 1 radical (unpaired) electrons. The zero-order valence-electron chi connectivity index (χ0n) is 7.75. The molecule has 0 N–H and O–H groups in total. The number of amides is 1. The number of likely N-dealkylation sites (tertiary alicyclic amines) is 1. The van der Waals surface area contributed by atoms with Crippen LogP contribution in [0.1, 0.15) is 26.7 Å². The second-order valence-electron chi connectivity index (χ2n) is 3.01. The Kier molecular flexibility index (Phi) is 3.38. The van der Waals surface area contributed by atoms with Crippen molar-refractivity contribution >= 4 is 6.09 Å². The highest BCUT2D eigenvalue weighted by Crippen LogP contribution is 2.15. The lowest BCUT2D eigenvalue weighted by Gasteiger charge is -2.31.